The number of carbonyl (C=O) groups is 3. The van der Waals surface area contributed by atoms with Gasteiger partial charge in [-0.15, -0.1) is 11.8 Å². The van der Waals surface area contributed by atoms with Gasteiger partial charge in [-0.25, -0.2) is 8.42 Å². The van der Waals surface area contributed by atoms with Crippen LogP contribution in [0.25, 0.3) is 0 Å². The minimum atomic E-state index is -4.59. The number of nitrogens with one attached hydrogen (secondary N) is 1. The average molecular weight is 440 g/mol. The zero-order valence-electron chi connectivity index (χ0n) is 14.5. The van der Waals surface area contributed by atoms with Crippen molar-refractivity contribution in [3.63, 3.8) is 0 Å². The third-order valence-electron chi connectivity index (χ3n) is 3.45. The molecule has 2 rings (SSSR count). The zero-order valence-corrected chi connectivity index (χ0v) is 20.9. The van der Waals surface area contributed by atoms with E-state index in [0.29, 0.717) is 6.42 Å². The number of rotatable bonds is 7. The van der Waals surface area contributed by atoms with Gasteiger partial charge in [-0.05, 0) is 28.2 Å². The van der Waals surface area contributed by atoms with Gasteiger partial charge in [0.25, 0.3) is 0 Å². The van der Waals surface area contributed by atoms with Gasteiger partial charge >= 0.3 is 59.1 Å². The van der Waals surface area contributed by atoms with Crippen molar-refractivity contribution in [1.82, 2.24) is 10.2 Å². The number of carbonyl (C=O) groups excluding carboxylic acids is 3. The monoisotopic (exact) mass is 440 g/mol. The summed E-state index contributed by atoms with van der Waals surface area (Å²) in [5.74, 6) is -2.82. The molecule has 2 amide bonds. The second-order valence-electron chi connectivity index (χ2n) is 5.15. The summed E-state index contributed by atoms with van der Waals surface area (Å²) in [6, 6.07) is -2.28. The van der Waals surface area contributed by atoms with E-state index in [0.717, 1.165) is 16.7 Å². The number of carboxylic acid groups (broad SMARTS) is 1. The molecule has 26 heavy (non-hydrogen) atoms. The molecule has 1 saturated heterocycles. The maximum absolute atomic E-state index is 12.2. The van der Waals surface area contributed by atoms with Gasteiger partial charge in [0.2, 0.25) is 11.8 Å². The Bertz CT molecular complexity index is 701. The van der Waals surface area contributed by atoms with Gasteiger partial charge < -0.3 is 24.7 Å². The third kappa shape index (κ3) is 6.39. The molecular weight excluding hydrogens is 426 g/mol. The summed E-state index contributed by atoms with van der Waals surface area (Å²) >= 11 is 1.09. The van der Waals surface area contributed by atoms with E-state index in [1.807, 2.05) is 6.92 Å². The topological polar surface area (TPSA) is 147 Å². The minimum Gasteiger partial charge on any atom is -0.739 e. The first-order valence-corrected chi connectivity index (χ1v) is 10.8. The standard InChI is InChI=1S/C12H16N2O7S3.2Na/c1-2-3-7(15)13-8-10(16)14-9(12(17)18)6(4-22-11(8)14)5-23-24(19,20)21;;/h4,8-9,11H,2-3,5H2,1H3,(H,13,15)(H,17,18)(H,19,20,21);;/q;2*+1/p-2/t8?,9?,11-;;/m0../s1. The number of amides is 2. The Morgan fingerprint density at radius 2 is 2.00 bits per heavy atom. The molecule has 0 aromatic carbocycles. The van der Waals surface area contributed by atoms with Gasteiger partial charge in [-0.3, -0.25) is 9.59 Å². The van der Waals surface area contributed by atoms with Crippen molar-refractivity contribution in [2.45, 2.75) is 37.2 Å². The van der Waals surface area contributed by atoms with Gasteiger partial charge in [-0.2, -0.15) is 0 Å². The maximum atomic E-state index is 12.2. The van der Waals surface area contributed by atoms with E-state index >= 15 is 0 Å². The Morgan fingerprint density at radius 3 is 2.50 bits per heavy atom. The van der Waals surface area contributed by atoms with Crippen LogP contribution in [0, 0.1) is 0 Å². The van der Waals surface area contributed by atoms with E-state index in [2.05, 4.69) is 5.32 Å². The zero-order chi connectivity index (χ0) is 18.1. The van der Waals surface area contributed by atoms with Crippen LogP contribution in [0.15, 0.2) is 11.0 Å². The van der Waals surface area contributed by atoms with Crippen LogP contribution in [0.3, 0.4) is 0 Å². The Balaban J connectivity index is 0.00000312. The van der Waals surface area contributed by atoms with Gasteiger partial charge in [0.15, 0.2) is 0 Å². The Labute approximate surface area is 203 Å². The SMILES string of the molecule is CCCC(=O)NC1C(=O)N2C(C(=O)[O-])C(CSS(=O)(=O)[O-])=CS[C@@H]12.[Na+].[Na+]. The number of carboxylic acids is 1. The van der Waals surface area contributed by atoms with E-state index in [-0.39, 0.29) is 93.6 Å². The fraction of sp³-hybridized carbons (Fsp3) is 0.583. The molecule has 14 heteroatoms. The molecule has 0 aromatic heterocycles. The van der Waals surface area contributed by atoms with E-state index in [9.17, 15) is 32.5 Å². The second kappa shape index (κ2) is 11.1. The number of β-lactam (4-membered cyclic amide) rings is 1. The van der Waals surface area contributed by atoms with E-state index < -0.39 is 38.5 Å². The fourth-order valence-electron chi connectivity index (χ4n) is 2.43. The van der Waals surface area contributed by atoms with E-state index in [1.165, 1.54) is 5.41 Å². The molecule has 0 radical (unpaired) electrons. The van der Waals surface area contributed by atoms with Crippen molar-refractivity contribution in [3.8, 4) is 0 Å². The Hall–Kier alpha value is 0.760. The quantitative estimate of drug-likeness (QED) is 0.176. The maximum Gasteiger partial charge on any atom is 1.00 e. The molecule has 0 aliphatic carbocycles. The molecule has 1 N–H and O–H groups in total. The molecule has 1 fully saturated rings. The van der Waals surface area contributed by atoms with Crippen molar-refractivity contribution < 1.29 is 91.6 Å². The van der Waals surface area contributed by atoms with Gasteiger partial charge in [0.05, 0.1) is 12.0 Å². The van der Waals surface area contributed by atoms with Crippen molar-refractivity contribution in [2.24, 2.45) is 0 Å². The van der Waals surface area contributed by atoms with E-state index in [4.69, 9.17) is 0 Å². The summed E-state index contributed by atoms with van der Waals surface area (Å²) < 4.78 is 32.1. The molecule has 9 nitrogen and oxygen atoms in total. The molecule has 0 saturated carbocycles. The van der Waals surface area contributed by atoms with Crippen molar-refractivity contribution >= 4 is 49.5 Å². The molecule has 2 unspecified atom stereocenters. The van der Waals surface area contributed by atoms with E-state index in [1.54, 1.807) is 0 Å². The molecular formula is C12H14N2Na2O7S3. The molecule has 2 aliphatic heterocycles. The normalized spacial score (nSPS) is 24.2. The molecule has 134 valence electrons. The fourth-order valence-corrected chi connectivity index (χ4v) is 5.12. The summed E-state index contributed by atoms with van der Waals surface area (Å²) in [5, 5.41) is 14.7. The molecule has 0 spiro atoms. The first-order chi connectivity index (χ1) is 11.2. The minimum absolute atomic E-state index is 0. The molecule has 0 bridgehead atoms. The molecule has 0 aromatic rings. The van der Waals surface area contributed by atoms with Crippen LogP contribution in [0.2, 0.25) is 0 Å². The van der Waals surface area contributed by atoms with Crippen LogP contribution in [-0.4, -0.2) is 58.9 Å². The largest absolute Gasteiger partial charge is 1.00 e. The summed E-state index contributed by atoms with van der Waals surface area (Å²) in [6.07, 6.45) is 0.866. The summed E-state index contributed by atoms with van der Waals surface area (Å²) in [5.41, 5.74) is 0.0901. The molecule has 3 atom stereocenters. The predicted molar refractivity (Wildman–Crippen MR) is 84.1 cm³/mol. The number of hydrogen-bond donors (Lipinski definition) is 1. The van der Waals surface area contributed by atoms with Crippen molar-refractivity contribution in [3.05, 3.63) is 11.0 Å². The Morgan fingerprint density at radius 1 is 1.38 bits per heavy atom. The van der Waals surface area contributed by atoms with Gasteiger partial charge in [0.1, 0.15) is 20.6 Å². The first kappa shape index (κ1) is 26.8. The van der Waals surface area contributed by atoms with Crippen LogP contribution in [0.5, 0.6) is 0 Å². The van der Waals surface area contributed by atoms with Crippen LogP contribution in [0.1, 0.15) is 19.8 Å². The molecule has 2 heterocycles. The smallest absolute Gasteiger partial charge is 0.739 e. The summed E-state index contributed by atoms with van der Waals surface area (Å²) in [4.78, 5) is 36.2. The van der Waals surface area contributed by atoms with Crippen molar-refractivity contribution in [2.75, 3.05) is 5.75 Å². The number of aliphatic carboxylic acids is 1. The van der Waals surface area contributed by atoms with Crippen LogP contribution in [-0.2, 0) is 23.5 Å². The predicted octanol–water partition coefficient (Wildman–Crippen LogP) is -7.61. The Kier molecular flexibility index (Phi) is 11.4. The first-order valence-electron chi connectivity index (χ1n) is 6.92. The van der Waals surface area contributed by atoms with Crippen LogP contribution in [0.4, 0.5) is 0 Å². The van der Waals surface area contributed by atoms with Gasteiger partial charge in [0, 0.05) is 12.2 Å². The number of fused-ring (bicyclic) bond motifs is 1. The average Bonchev–Trinajstić information content (AvgIpc) is 2.48. The number of thioether (sulfide) groups is 1. The second-order valence-corrected chi connectivity index (χ2v) is 9.42. The number of nitrogens with zero attached hydrogens (tertiary/aromatic N) is 1. The third-order valence-corrected chi connectivity index (χ3v) is 6.63. The summed E-state index contributed by atoms with van der Waals surface area (Å²) in [6.45, 7) is 1.81. The number of hydrogen-bond acceptors (Lipinski definition) is 9. The summed E-state index contributed by atoms with van der Waals surface area (Å²) in [7, 11) is -4.55. The van der Waals surface area contributed by atoms with Crippen LogP contribution >= 0.6 is 22.6 Å². The van der Waals surface area contributed by atoms with Crippen LogP contribution < -0.4 is 69.5 Å². The van der Waals surface area contributed by atoms with Gasteiger partial charge in [-0.1, -0.05) is 6.92 Å². The molecule has 2 aliphatic rings. The van der Waals surface area contributed by atoms with Crippen molar-refractivity contribution in [1.29, 1.82) is 0 Å².